The van der Waals surface area contributed by atoms with Crippen molar-refractivity contribution in [3.63, 3.8) is 0 Å². The van der Waals surface area contributed by atoms with Crippen molar-refractivity contribution in [3.05, 3.63) is 80.9 Å². The zero-order valence-electron chi connectivity index (χ0n) is 17.0. The number of carbonyl (C=O) groups is 2. The second-order valence-corrected chi connectivity index (χ2v) is 7.55. The largest absolute Gasteiger partial charge is 0.349 e. The van der Waals surface area contributed by atoms with Gasteiger partial charge in [-0.2, -0.15) is 5.26 Å². The molecule has 32 heavy (non-hydrogen) atoms. The molecule has 9 nitrogen and oxygen atoms in total. The Morgan fingerprint density at radius 3 is 2.34 bits per heavy atom. The van der Waals surface area contributed by atoms with E-state index in [9.17, 15) is 25.0 Å². The molecule has 1 saturated carbocycles. The number of nitrogens with zero attached hydrogens (tertiary/aromatic N) is 3. The number of rotatable bonds is 4. The Hall–Kier alpha value is -4.32. The molecule has 1 aliphatic carbocycles. The Morgan fingerprint density at radius 2 is 1.72 bits per heavy atom. The van der Waals surface area contributed by atoms with E-state index in [-0.39, 0.29) is 34.4 Å². The molecule has 2 aromatic rings. The molecule has 0 unspecified atom stereocenters. The Morgan fingerprint density at radius 1 is 1.06 bits per heavy atom. The number of amides is 2. The second-order valence-electron chi connectivity index (χ2n) is 7.55. The van der Waals surface area contributed by atoms with Gasteiger partial charge in [0.15, 0.2) is 0 Å². The molecule has 2 N–H and O–H groups in total. The number of nitrogens with one attached hydrogen (secondary N) is 2. The Bertz CT molecular complexity index is 1200. The summed E-state index contributed by atoms with van der Waals surface area (Å²) in [6.45, 7) is 0. The Labute approximate surface area is 183 Å². The summed E-state index contributed by atoms with van der Waals surface area (Å²) < 4.78 is 0. The molecule has 0 atom stereocenters. The van der Waals surface area contributed by atoms with E-state index >= 15 is 0 Å². The summed E-state index contributed by atoms with van der Waals surface area (Å²) >= 11 is 0. The van der Waals surface area contributed by atoms with E-state index in [2.05, 4.69) is 15.6 Å². The number of nitriles is 1. The van der Waals surface area contributed by atoms with Crippen LogP contribution in [0.25, 0.3) is 5.70 Å². The van der Waals surface area contributed by atoms with E-state index < -0.39 is 16.7 Å². The predicted octanol–water partition coefficient (Wildman–Crippen LogP) is 3.08. The summed E-state index contributed by atoms with van der Waals surface area (Å²) in [6.07, 6.45) is 3.86. The standard InChI is InChI=1S/C23H19N5O4/c24-13-19(23(30)25-15-5-1-2-6-15)20-17-7-3-4-8-18(17)21(26-20)27-22(29)14-9-11-16(12-10-14)28(31)32/h3-4,7-12,15H,1-2,5-6H2,(H,25,30)(H,26,27,29). The molecule has 0 aromatic heterocycles. The van der Waals surface area contributed by atoms with Crippen LogP contribution in [-0.4, -0.2) is 28.6 Å². The summed E-state index contributed by atoms with van der Waals surface area (Å²) in [5.41, 5.74) is 1.35. The Kier molecular flexibility index (Phi) is 5.77. The third-order valence-corrected chi connectivity index (χ3v) is 5.50. The van der Waals surface area contributed by atoms with Crippen LogP contribution in [0.2, 0.25) is 0 Å². The highest BCUT2D eigenvalue weighted by atomic mass is 16.6. The van der Waals surface area contributed by atoms with Crippen molar-refractivity contribution in [2.24, 2.45) is 4.99 Å². The van der Waals surface area contributed by atoms with Gasteiger partial charge in [0.2, 0.25) is 0 Å². The van der Waals surface area contributed by atoms with Gasteiger partial charge < -0.3 is 10.6 Å². The molecule has 2 aromatic carbocycles. The number of nitro groups is 1. The van der Waals surface area contributed by atoms with E-state index in [1.54, 1.807) is 24.3 Å². The molecular weight excluding hydrogens is 410 g/mol. The van der Waals surface area contributed by atoms with Crippen LogP contribution >= 0.6 is 0 Å². The first-order chi connectivity index (χ1) is 15.5. The average molecular weight is 429 g/mol. The lowest BCUT2D eigenvalue weighted by atomic mass is 10.0. The van der Waals surface area contributed by atoms with Crippen LogP contribution in [0.5, 0.6) is 0 Å². The SMILES string of the molecule is N#CC(C(=O)NC1CCCC1)=C1N=C(NC(=O)c2ccc([N+](=O)[O-])cc2)c2ccccc21. The van der Waals surface area contributed by atoms with E-state index in [1.807, 2.05) is 6.07 Å². The van der Waals surface area contributed by atoms with Gasteiger partial charge in [-0.3, -0.25) is 19.7 Å². The lowest BCUT2D eigenvalue weighted by Crippen LogP contribution is -2.33. The lowest BCUT2D eigenvalue weighted by Gasteiger charge is -2.11. The van der Waals surface area contributed by atoms with Crippen LogP contribution < -0.4 is 10.6 Å². The maximum absolute atomic E-state index is 12.8. The van der Waals surface area contributed by atoms with E-state index in [1.165, 1.54) is 24.3 Å². The minimum absolute atomic E-state index is 0.0494. The van der Waals surface area contributed by atoms with Gasteiger partial charge in [0, 0.05) is 34.9 Å². The number of nitro benzene ring substituents is 1. The molecule has 2 aliphatic rings. The molecule has 160 valence electrons. The van der Waals surface area contributed by atoms with Crippen molar-refractivity contribution in [3.8, 4) is 6.07 Å². The average Bonchev–Trinajstić information content (AvgIpc) is 3.43. The summed E-state index contributed by atoms with van der Waals surface area (Å²) in [4.78, 5) is 40.1. The number of hydrogen-bond donors (Lipinski definition) is 2. The van der Waals surface area contributed by atoms with Crippen LogP contribution in [0.15, 0.2) is 59.1 Å². The van der Waals surface area contributed by atoms with Crippen molar-refractivity contribution in [2.45, 2.75) is 31.7 Å². The van der Waals surface area contributed by atoms with E-state index in [0.717, 1.165) is 25.7 Å². The summed E-state index contributed by atoms with van der Waals surface area (Å²) in [5, 5.41) is 26.1. The molecule has 1 aliphatic heterocycles. The Balaban J connectivity index is 1.63. The van der Waals surface area contributed by atoms with E-state index in [4.69, 9.17) is 0 Å². The van der Waals surface area contributed by atoms with Gasteiger partial charge in [-0.15, -0.1) is 0 Å². The minimum atomic E-state index is -0.546. The van der Waals surface area contributed by atoms with Crippen molar-refractivity contribution >= 4 is 29.0 Å². The lowest BCUT2D eigenvalue weighted by molar-refractivity contribution is -0.384. The molecule has 0 spiro atoms. The minimum Gasteiger partial charge on any atom is -0.349 e. The van der Waals surface area contributed by atoms with Crippen LogP contribution in [0.3, 0.4) is 0 Å². The number of carbonyl (C=O) groups excluding carboxylic acids is 2. The third kappa shape index (κ3) is 4.11. The van der Waals surface area contributed by atoms with Crippen LogP contribution in [0, 0.1) is 21.4 Å². The van der Waals surface area contributed by atoms with Gasteiger partial charge in [0.1, 0.15) is 17.5 Å². The molecule has 0 bridgehead atoms. The molecule has 9 heteroatoms. The fourth-order valence-electron chi connectivity index (χ4n) is 3.87. The highest BCUT2D eigenvalue weighted by Crippen LogP contribution is 2.31. The second kappa shape index (κ2) is 8.81. The smallest absolute Gasteiger partial charge is 0.269 e. The summed E-state index contributed by atoms with van der Waals surface area (Å²) in [7, 11) is 0. The number of aliphatic imine (C=N–C) groups is 1. The first kappa shape index (κ1) is 20.9. The molecule has 1 fully saturated rings. The van der Waals surface area contributed by atoms with Crippen molar-refractivity contribution in [2.75, 3.05) is 0 Å². The molecule has 2 amide bonds. The quantitative estimate of drug-likeness (QED) is 0.333. The van der Waals surface area contributed by atoms with Crippen molar-refractivity contribution in [1.29, 1.82) is 5.26 Å². The van der Waals surface area contributed by atoms with Gasteiger partial charge in [-0.25, -0.2) is 4.99 Å². The van der Waals surface area contributed by atoms with Crippen LogP contribution in [0.4, 0.5) is 5.69 Å². The number of benzene rings is 2. The molecule has 4 rings (SSSR count). The molecular formula is C23H19N5O4. The molecule has 1 heterocycles. The van der Waals surface area contributed by atoms with Gasteiger partial charge in [0.25, 0.3) is 17.5 Å². The highest BCUT2D eigenvalue weighted by Gasteiger charge is 2.28. The zero-order chi connectivity index (χ0) is 22.7. The number of non-ortho nitro benzene ring substituents is 1. The van der Waals surface area contributed by atoms with Gasteiger partial charge in [-0.1, -0.05) is 37.1 Å². The fourth-order valence-corrected chi connectivity index (χ4v) is 3.87. The maximum atomic E-state index is 12.8. The van der Waals surface area contributed by atoms with Gasteiger partial charge in [0.05, 0.1) is 10.6 Å². The molecule has 0 radical (unpaired) electrons. The van der Waals surface area contributed by atoms with Crippen LogP contribution in [0.1, 0.15) is 47.2 Å². The molecule has 0 saturated heterocycles. The highest BCUT2D eigenvalue weighted by molar-refractivity contribution is 6.20. The topological polar surface area (TPSA) is 137 Å². The normalized spacial score (nSPS) is 16.5. The zero-order valence-corrected chi connectivity index (χ0v) is 17.0. The monoisotopic (exact) mass is 429 g/mol. The third-order valence-electron chi connectivity index (χ3n) is 5.50. The van der Waals surface area contributed by atoms with Crippen molar-refractivity contribution in [1.82, 2.24) is 10.6 Å². The number of fused-ring (bicyclic) bond motifs is 1. The maximum Gasteiger partial charge on any atom is 0.269 e. The number of hydrogen-bond acceptors (Lipinski definition) is 6. The summed E-state index contributed by atoms with van der Waals surface area (Å²) in [5.74, 6) is -0.778. The first-order valence-corrected chi connectivity index (χ1v) is 10.2. The van der Waals surface area contributed by atoms with Crippen molar-refractivity contribution < 1.29 is 14.5 Å². The fraction of sp³-hybridized carbons (Fsp3) is 0.217. The first-order valence-electron chi connectivity index (χ1n) is 10.2. The number of amidine groups is 1. The van der Waals surface area contributed by atoms with Crippen LogP contribution in [-0.2, 0) is 4.79 Å². The van der Waals surface area contributed by atoms with E-state index in [0.29, 0.717) is 11.1 Å². The van der Waals surface area contributed by atoms with Gasteiger partial charge >= 0.3 is 0 Å². The summed E-state index contributed by atoms with van der Waals surface area (Å²) in [6, 6.07) is 14.2. The predicted molar refractivity (Wildman–Crippen MR) is 116 cm³/mol. The van der Waals surface area contributed by atoms with Gasteiger partial charge in [-0.05, 0) is 25.0 Å².